The van der Waals surface area contributed by atoms with Crippen molar-refractivity contribution >= 4 is 23.1 Å². The van der Waals surface area contributed by atoms with E-state index in [-0.39, 0.29) is 0 Å². The summed E-state index contributed by atoms with van der Waals surface area (Å²) in [4.78, 5) is 4.40. The number of nitriles is 1. The molecule has 0 saturated carbocycles. The average Bonchev–Trinajstić information content (AvgIpc) is 2.58. The summed E-state index contributed by atoms with van der Waals surface area (Å²) >= 11 is 0. The van der Waals surface area contributed by atoms with Crippen LogP contribution in [0.5, 0.6) is 0 Å². The molecule has 118 valence electrons. The predicted octanol–water partition coefficient (Wildman–Crippen LogP) is 3.85. The SMILES string of the molecule is Cc1ccc(Nc2nncc(Nc3ccccc3C#N)n2)c(C)c1. The second-order valence-corrected chi connectivity index (χ2v) is 5.39. The van der Waals surface area contributed by atoms with Crippen LogP contribution < -0.4 is 10.6 Å². The van der Waals surface area contributed by atoms with E-state index in [0.717, 1.165) is 11.3 Å². The summed E-state index contributed by atoms with van der Waals surface area (Å²) in [6.07, 6.45) is 1.52. The lowest BCUT2D eigenvalue weighted by molar-refractivity contribution is 0.981. The monoisotopic (exact) mass is 316 g/mol. The van der Waals surface area contributed by atoms with E-state index in [0.29, 0.717) is 23.0 Å². The van der Waals surface area contributed by atoms with Gasteiger partial charge in [-0.15, -0.1) is 5.10 Å². The van der Waals surface area contributed by atoms with Gasteiger partial charge in [-0.3, -0.25) is 0 Å². The van der Waals surface area contributed by atoms with Gasteiger partial charge in [-0.2, -0.15) is 15.3 Å². The van der Waals surface area contributed by atoms with Crippen molar-refractivity contribution in [2.75, 3.05) is 10.6 Å². The standard InChI is InChI=1S/C18H16N6/c1-12-7-8-15(13(2)9-12)22-18-23-17(11-20-24-18)21-16-6-4-3-5-14(16)10-19/h3-9,11H,1-2H3,(H2,21,22,23,24). The lowest BCUT2D eigenvalue weighted by Crippen LogP contribution is -2.04. The molecular formula is C18H16N6. The zero-order chi connectivity index (χ0) is 16.9. The molecule has 1 heterocycles. The highest BCUT2D eigenvalue weighted by molar-refractivity contribution is 5.65. The quantitative estimate of drug-likeness (QED) is 0.760. The van der Waals surface area contributed by atoms with Crippen molar-refractivity contribution in [1.82, 2.24) is 15.2 Å². The predicted molar refractivity (Wildman–Crippen MR) is 93.5 cm³/mol. The third-order valence-corrected chi connectivity index (χ3v) is 3.50. The molecule has 0 radical (unpaired) electrons. The number of nitrogens with one attached hydrogen (secondary N) is 2. The molecule has 2 aromatic carbocycles. The first kappa shape index (κ1) is 15.4. The molecule has 0 atom stereocenters. The van der Waals surface area contributed by atoms with Crippen LogP contribution in [0.4, 0.5) is 23.1 Å². The van der Waals surface area contributed by atoms with Crippen LogP contribution in [-0.2, 0) is 0 Å². The van der Waals surface area contributed by atoms with E-state index in [1.807, 2.05) is 44.2 Å². The zero-order valence-electron chi connectivity index (χ0n) is 13.4. The molecule has 0 amide bonds. The Morgan fingerprint density at radius 1 is 1.00 bits per heavy atom. The third-order valence-electron chi connectivity index (χ3n) is 3.50. The number of para-hydroxylation sites is 1. The summed E-state index contributed by atoms with van der Waals surface area (Å²) < 4.78 is 0. The molecule has 2 N–H and O–H groups in total. The second kappa shape index (κ2) is 6.75. The fourth-order valence-corrected chi connectivity index (χ4v) is 2.32. The minimum Gasteiger partial charge on any atom is -0.338 e. The minimum atomic E-state index is 0.390. The molecule has 0 aliphatic heterocycles. The number of aromatic nitrogens is 3. The minimum absolute atomic E-state index is 0.390. The smallest absolute Gasteiger partial charge is 0.249 e. The number of anilines is 4. The Morgan fingerprint density at radius 2 is 1.83 bits per heavy atom. The van der Waals surface area contributed by atoms with Gasteiger partial charge in [-0.1, -0.05) is 29.8 Å². The number of rotatable bonds is 4. The highest BCUT2D eigenvalue weighted by Gasteiger charge is 2.06. The fraction of sp³-hybridized carbons (Fsp3) is 0.111. The summed E-state index contributed by atoms with van der Waals surface area (Å²) in [6, 6.07) is 15.5. The van der Waals surface area contributed by atoms with Crippen LogP contribution >= 0.6 is 0 Å². The second-order valence-electron chi connectivity index (χ2n) is 5.39. The Hall–Kier alpha value is -3.46. The van der Waals surface area contributed by atoms with Crippen LogP contribution in [0.3, 0.4) is 0 Å². The molecule has 0 fully saturated rings. The molecule has 24 heavy (non-hydrogen) atoms. The summed E-state index contributed by atoms with van der Waals surface area (Å²) in [7, 11) is 0. The molecular weight excluding hydrogens is 300 g/mol. The van der Waals surface area contributed by atoms with Gasteiger partial charge < -0.3 is 10.6 Å². The topological polar surface area (TPSA) is 86.5 Å². The van der Waals surface area contributed by atoms with Crippen molar-refractivity contribution in [3.63, 3.8) is 0 Å². The van der Waals surface area contributed by atoms with E-state index in [1.165, 1.54) is 11.8 Å². The normalized spacial score (nSPS) is 10.0. The van der Waals surface area contributed by atoms with Crippen LogP contribution in [0.2, 0.25) is 0 Å². The zero-order valence-corrected chi connectivity index (χ0v) is 13.4. The molecule has 0 unspecified atom stereocenters. The summed E-state index contributed by atoms with van der Waals surface area (Å²) in [5.74, 6) is 0.904. The van der Waals surface area contributed by atoms with Crippen molar-refractivity contribution in [3.8, 4) is 6.07 Å². The maximum atomic E-state index is 9.15. The first-order valence-electron chi connectivity index (χ1n) is 7.46. The average molecular weight is 316 g/mol. The van der Waals surface area contributed by atoms with E-state index < -0.39 is 0 Å². The van der Waals surface area contributed by atoms with Crippen molar-refractivity contribution in [2.45, 2.75) is 13.8 Å². The van der Waals surface area contributed by atoms with Crippen LogP contribution in [-0.4, -0.2) is 15.2 Å². The van der Waals surface area contributed by atoms with Gasteiger partial charge in [0.2, 0.25) is 5.95 Å². The van der Waals surface area contributed by atoms with Gasteiger partial charge in [-0.05, 0) is 37.6 Å². The molecule has 3 aromatic rings. The molecule has 0 bridgehead atoms. The number of hydrogen-bond acceptors (Lipinski definition) is 6. The summed E-state index contributed by atoms with van der Waals surface area (Å²) in [5.41, 5.74) is 4.45. The Morgan fingerprint density at radius 3 is 2.62 bits per heavy atom. The highest BCUT2D eigenvalue weighted by atomic mass is 15.3. The molecule has 3 rings (SSSR count). The Kier molecular flexibility index (Phi) is 4.34. The van der Waals surface area contributed by atoms with Gasteiger partial charge in [0.1, 0.15) is 6.07 Å². The lowest BCUT2D eigenvalue weighted by atomic mass is 10.1. The first-order chi connectivity index (χ1) is 11.7. The first-order valence-corrected chi connectivity index (χ1v) is 7.46. The molecule has 6 nitrogen and oxygen atoms in total. The van der Waals surface area contributed by atoms with Crippen LogP contribution in [0.1, 0.15) is 16.7 Å². The van der Waals surface area contributed by atoms with Crippen molar-refractivity contribution < 1.29 is 0 Å². The van der Waals surface area contributed by atoms with E-state index in [1.54, 1.807) is 6.07 Å². The molecule has 0 spiro atoms. The molecule has 0 aliphatic carbocycles. The lowest BCUT2D eigenvalue weighted by Gasteiger charge is -2.10. The van der Waals surface area contributed by atoms with E-state index in [2.05, 4.69) is 38.0 Å². The van der Waals surface area contributed by atoms with E-state index in [9.17, 15) is 0 Å². The van der Waals surface area contributed by atoms with Gasteiger partial charge >= 0.3 is 0 Å². The van der Waals surface area contributed by atoms with Crippen molar-refractivity contribution in [3.05, 3.63) is 65.4 Å². The van der Waals surface area contributed by atoms with Gasteiger partial charge in [0.25, 0.3) is 0 Å². The number of aryl methyl sites for hydroxylation is 2. The number of hydrogen-bond donors (Lipinski definition) is 2. The van der Waals surface area contributed by atoms with Crippen molar-refractivity contribution in [2.24, 2.45) is 0 Å². The van der Waals surface area contributed by atoms with Crippen LogP contribution in [0.25, 0.3) is 0 Å². The van der Waals surface area contributed by atoms with Crippen LogP contribution in [0, 0.1) is 25.2 Å². The third kappa shape index (κ3) is 3.47. The maximum Gasteiger partial charge on any atom is 0.249 e. The molecule has 6 heteroatoms. The number of nitrogens with zero attached hydrogens (tertiary/aromatic N) is 4. The van der Waals surface area contributed by atoms with Crippen molar-refractivity contribution in [1.29, 1.82) is 5.26 Å². The van der Waals surface area contributed by atoms with E-state index >= 15 is 0 Å². The molecule has 0 aliphatic rings. The molecule has 1 aromatic heterocycles. The Bertz CT molecular complexity index is 913. The van der Waals surface area contributed by atoms with Gasteiger partial charge in [0.05, 0.1) is 17.4 Å². The Balaban J connectivity index is 1.83. The highest BCUT2D eigenvalue weighted by Crippen LogP contribution is 2.21. The molecule has 0 saturated heterocycles. The summed E-state index contributed by atoms with van der Waals surface area (Å²) in [6.45, 7) is 4.07. The van der Waals surface area contributed by atoms with E-state index in [4.69, 9.17) is 5.26 Å². The maximum absolute atomic E-state index is 9.15. The fourth-order valence-electron chi connectivity index (χ4n) is 2.32. The summed E-state index contributed by atoms with van der Waals surface area (Å²) in [5, 5.41) is 23.4. The van der Waals surface area contributed by atoms with Gasteiger partial charge in [0.15, 0.2) is 5.82 Å². The van der Waals surface area contributed by atoms with Gasteiger partial charge in [-0.25, -0.2) is 0 Å². The number of benzene rings is 2. The largest absolute Gasteiger partial charge is 0.338 e. The van der Waals surface area contributed by atoms with Crippen LogP contribution in [0.15, 0.2) is 48.7 Å². The van der Waals surface area contributed by atoms with Gasteiger partial charge in [0, 0.05) is 5.69 Å². The Labute approximate surface area is 140 Å².